The van der Waals surface area contributed by atoms with Crippen molar-refractivity contribution in [1.29, 1.82) is 0 Å². The number of carbonyl (C=O) groups is 2. The Hall–Kier alpha value is -1.56. The Kier molecular flexibility index (Phi) is 5.15. The summed E-state index contributed by atoms with van der Waals surface area (Å²) in [4.78, 5) is 23.7. The third-order valence-electron chi connectivity index (χ3n) is 2.39. The summed E-state index contributed by atoms with van der Waals surface area (Å²) < 4.78 is 0.970. The van der Waals surface area contributed by atoms with Crippen LogP contribution in [-0.4, -0.2) is 35.1 Å². The molecule has 5 nitrogen and oxygen atoms in total. The average Bonchev–Trinajstić information content (AvgIpc) is 2.31. The second kappa shape index (κ2) is 6.39. The van der Waals surface area contributed by atoms with Gasteiger partial charge in [0.1, 0.15) is 6.04 Å². The van der Waals surface area contributed by atoms with Crippen LogP contribution in [0.5, 0.6) is 0 Å². The standard InChI is InChI=1S/C12H15BrN2O3/c1-8(11(16)17)14-12(18)15(2)7-9-3-5-10(13)6-4-9/h3-6,8H,7H2,1-2H3,(H,14,18)(H,16,17)/t8-/m1/s1. The van der Waals surface area contributed by atoms with Crippen molar-refractivity contribution in [1.82, 2.24) is 10.2 Å². The third-order valence-corrected chi connectivity index (χ3v) is 2.92. The zero-order chi connectivity index (χ0) is 13.7. The first kappa shape index (κ1) is 14.5. The Morgan fingerprint density at radius 2 is 1.94 bits per heavy atom. The Labute approximate surface area is 114 Å². The zero-order valence-electron chi connectivity index (χ0n) is 10.2. The maximum absolute atomic E-state index is 11.7. The summed E-state index contributed by atoms with van der Waals surface area (Å²) in [7, 11) is 1.62. The molecular formula is C12H15BrN2O3. The molecule has 18 heavy (non-hydrogen) atoms. The number of halogens is 1. The van der Waals surface area contributed by atoms with Crippen LogP contribution in [0.4, 0.5) is 4.79 Å². The predicted octanol–water partition coefficient (Wildman–Crippen LogP) is 2.06. The Morgan fingerprint density at radius 3 is 2.44 bits per heavy atom. The molecule has 0 fully saturated rings. The van der Waals surface area contributed by atoms with Gasteiger partial charge < -0.3 is 15.3 Å². The molecule has 0 radical (unpaired) electrons. The van der Waals surface area contributed by atoms with Crippen LogP contribution in [0.2, 0.25) is 0 Å². The average molecular weight is 315 g/mol. The number of aliphatic carboxylic acids is 1. The van der Waals surface area contributed by atoms with E-state index in [1.807, 2.05) is 24.3 Å². The fourth-order valence-electron chi connectivity index (χ4n) is 1.29. The summed E-state index contributed by atoms with van der Waals surface area (Å²) in [6, 6.07) is 6.27. The lowest BCUT2D eigenvalue weighted by Crippen LogP contribution is -2.44. The van der Waals surface area contributed by atoms with Crippen molar-refractivity contribution in [2.45, 2.75) is 19.5 Å². The van der Waals surface area contributed by atoms with Crippen molar-refractivity contribution in [3.63, 3.8) is 0 Å². The van der Waals surface area contributed by atoms with E-state index in [0.717, 1.165) is 10.0 Å². The van der Waals surface area contributed by atoms with Crippen molar-refractivity contribution < 1.29 is 14.7 Å². The molecule has 0 heterocycles. The normalized spacial score (nSPS) is 11.7. The molecule has 0 aromatic heterocycles. The lowest BCUT2D eigenvalue weighted by atomic mass is 10.2. The fraction of sp³-hybridized carbons (Fsp3) is 0.333. The van der Waals surface area contributed by atoms with E-state index >= 15 is 0 Å². The molecule has 0 spiro atoms. The molecule has 0 unspecified atom stereocenters. The van der Waals surface area contributed by atoms with Crippen LogP contribution >= 0.6 is 15.9 Å². The molecule has 0 bridgehead atoms. The topological polar surface area (TPSA) is 69.6 Å². The summed E-state index contributed by atoms with van der Waals surface area (Å²) in [5.74, 6) is -1.06. The number of hydrogen-bond acceptors (Lipinski definition) is 2. The van der Waals surface area contributed by atoms with Crippen molar-refractivity contribution in [2.24, 2.45) is 0 Å². The highest BCUT2D eigenvalue weighted by Crippen LogP contribution is 2.11. The lowest BCUT2D eigenvalue weighted by molar-refractivity contribution is -0.138. The van der Waals surface area contributed by atoms with E-state index in [0.29, 0.717) is 6.54 Å². The number of hydrogen-bond donors (Lipinski definition) is 2. The molecule has 1 atom stereocenters. The summed E-state index contributed by atoms with van der Waals surface area (Å²) in [6.45, 7) is 1.85. The zero-order valence-corrected chi connectivity index (χ0v) is 11.8. The number of urea groups is 1. The first-order chi connectivity index (χ1) is 8.40. The van der Waals surface area contributed by atoms with Crippen molar-refractivity contribution in [3.8, 4) is 0 Å². The summed E-state index contributed by atoms with van der Waals surface area (Å²) >= 11 is 3.33. The molecule has 0 aliphatic rings. The molecule has 6 heteroatoms. The number of nitrogens with one attached hydrogen (secondary N) is 1. The summed E-state index contributed by atoms with van der Waals surface area (Å²) in [5.41, 5.74) is 0.971. The van der Waals surface area contributed by atoms with Crippen LogP contribution < -0.4 is 5.32 Å². The highest BCUT2D eigenvalue weighted by Gasteiger charge is 2.16. The fourth-order valence-corrected chi connectivity index (χ4v) is 1.56. The van der Waals surface area contributed by atoms with E-state index in [-0.39, 0.29) is 0 Å². The molecule has 0 saturated heterocycles. The highest BCUT2D eigenvalue weighted by atomic mass is 79.9. The van der Waals surface area contributed by atoms with Gasteiger partial charge in [-0.15, -0.1) is 0 Å². The summed E-state index contributed by atoms with van der Waals surface area (Å²) in [6.07, 6.45) is 0. The van der Waals surface area contributed by atoms with Gasteiger partial charge in [0.25, 0.3) is 0 Å². The maximum Gasteiger partial charge on any atom is 0.325 e. The Morgan fingerprint density at radius 1 is 1.39 bits per heavy atom. The molecule has 98 valence electrons. The number of carbonyl (C=O) groups excluding carboxylic acids is 1. The van der Waals surface area contributed by atoms with E-state index < -0.39 is 18.0 Å². The number of nitrogens with zero attached hydrogens (tertiary/aromatic N) is 1. The van der Waals surface area contributed by atoms with E-state index in [1.165, 1.54) is 11.8 Å². The molecule has 0 aliphatic heterocycles. The van der Waals surface area contributed by atoms with Crippen molar-refractivity contribution in [3.05, 3.63) is 34.3 Å². The largest absolute Gasteiger partial charge is 0.480 e. The Bertz CT molecular complexity index is 433. The first-order valence-corrected chi connectivity index (χ1v) is 6.18. The molecular weight excluding hydrogens is 300 g/mol. The number of carboxylic acids is 1. The van der Waals surface area contributed by atoms with Crippen LogP contribution in [-0.2, 0) is 11.3 Å². The summed E-state index contributed by atoms with van der Waals surface area (Å²) in [5, 5.41) is 11.1. The van der Waals surface area contributed by atoms with E-state index in [4.69, 9.17) is 5.11 Å². The minimum absolute atomic E-state index is 0.409. The lowest BCUT2D eigenvalue weighted by Gasteiger charge is -2.19. The molecule has 1 aromatic rings. The van der Waals surface area contributed by atoms with E-state index in [1.54, 1.807) is 7.05 Å². The van der Waals surface area contributed by atoms with E-state index in [2.05, 4.69) is 21.2 Å². The van der Waals surface area contributed by atoms with Crippen LogP contribution in [0.25, 0.3) is 0 Å². The van der Waals surface area contributed by atoms with Gasteiger partial charge in [-0.25, -0.2) is 4.79 Å². The van der Waals surface area contributed by atoms with Gasteiger partial charge in [0.05, 0.1) is 0 Å². The van der Waals surface area contributed by atoms with Crippen LogP contribution in [0, 0.1) is 0 Å². The van der Waals surface area contributed by atoms with Gasteiger partial charge in [-0.3, -0.25) is 4.79 Å². The number of amides is 2. The SMILES string of the molecule is C[C@@H](NC(=O)N(C)Cc1ccc(Br)cc1)C(=O)O. The number of benzene rings is 1. The monoisotopic (exact) mass is 314 g/mol. The Balaban J connectivity index is 2.54. The molecule has 0 aliphatic carbocycles. The molecule has 1 rings (SSSR count). The maximum atomic E-state index is 11.7. The van der Waals surface area contributed by atoms with Crippen molar-refractivity contribution in [2.75, 3.05) is 7.05 Å². The minimum atomic E-state index is -1.06. The van der Waals surface area contributed by atoms with Crippen molar-refractivity contribution >= 4 is 27.9 Å². The van der Waals surface area contributed by atoms with Gasteiger partial charge >= 0.3 is 12.0 Å². The minimum Gasteiger partial charge on any atom is -0.480 e. The third kappa shape index (κ3) is 4.37. The quantitative estimate of drug-likeness (QED) is 0.893. The second-order valence-electron chi connectivity index (χ2n) is 3.99. The van der Waals surface area contributed by atoms with Gasteiger partial charge in [-0.2, -0.15) is 0 Å². The van der Waals surface area contributed by atoms with Crippen LogP contribution in [0.15, 0.2) is 28.7 Å². The van der Waals surface area contributed by atoms with Gasteiger partial charge in [-0.05, 0) is 24.6 Å². The van der Waals surface area contributed by atoms with E-state index in [9.17, 15) is 9.59 Å². The number of rotatable bonds is 4. The highest BCUT2D eigenvalue weighted by molar-refractivity contribution is 9.10. The first-order valence-electron chi connectivity index (χ1n) is 5.39. The molecule has 2 amide bonds. The predicted molar refractivity (Wildman–Crippen MR) is 71.2 cm³/mol. The van der Waals surface area contributed by atoms with Gasteiger partial charge in [0.2, 0.25) is 0 Å². The molecule has 2 N–H and O–H groups in total. The smallest absolute Gasteiger partial charge is 0.325 e. The van der Waals surface area contributed by atoms with Crippen LogP contribution in [0.3, 0.4) is 0 Å². The molecule has 1 aromatic carbocycles. The van der Waals surface area contributed by atoms with Gasteiger partial charge in [0, 0.05) is 18.1 Å². The number of carboxylic acid groups (broad SMARTS) is 1. The van der Waals surface area contributed by atoms with Crippen LogP contribution in [0.1, 0.15) is 12.5 Å². The molecule has 0 saturated carbocycles. The van der Waals surface area contributed by atoms with Gasteiger partial charge in [0.15, 0.2) is 0 Å². The van der Waals surface area contributed by atoms with Gasteiger partial charge in [-0.1, -0.05) is 28.1 Å². The second-order valence-corrected chi connectivity index (χ2v) is 4.91.